The summed E-state index contributed by atoms with van der Waals surface area (Å²) in [5, 5.41) is 0. The molecule has 1 aromatic rings. The minimum atomic E-state index is -3.02. The Hall–Kier alpha value is -1.01. The van der Waals surface area contributed by atoms with Crippen LogP contribution in [0.25, 0.3) is 0 Å². The van der Waals surface area contributed by atoms with Gasteiger partial charge in [0.15, 0.2) is 5.78 Å². The molecule has 0 radical (unpaired) electrons. The van der Waals surface area contributed by atoms with Gasteiger partial charge in [-0.1, -0.05) is 37.3 Å². The maximum Gasteiger partial charge on any atom is 0.512 e. The summed E-state index contributed by atoms with van der Waals surface area (Å²) < 4.78 is 17.6. The minimum Gasteiger partial charge on any atom is -0.373 e. The van der Waals surface area contributed by atoms with Crippen molar-refractivity contribution in [2.24, 2.45) is 0 Å². The number of ketones is 1. The van der Waals surface area contributed by atoms with E-state index in [1.54, 1.807) is 0 Å². The Bertz CT molecular complexity index is 405. The number of hydrogen-bond donors (Lipinski definition) is 0. The Morgan fingerprint density at radius 1 is 0.952 bits per heavy atom. The van der Waals surface area contributed by atoms with E-state index in [1.165, 1.54) is 0 Å². The molecule has 1 aromatic carbocycles. The molecular weight excluding hydrogens is 284 g/mol. The summed E-state index contributed by atoms with van der Waals surface area (Å²) in [4.78, 5) is 12.8. The molecule has 0 aliphatic rings. The molecule has 118 valence electrons. The number of hydrogen-bond acceptors (Lipinski definition) is 4. The Labute approximate surface area is 128 Å². The highest BCUT2D eigenvalue weighted by molar-refractivity contribution is 6.67. The molecule has 4 nitrogen and oxygen atoms in total. The maximum absolute atomic E-state index is 12.8. The van der Waals surface area contributed by atoms with Crippen molar-refractivity contribution in [3.05, 3.63) is 35.9 Å². The fourth-order valence-corrected chi connectivity index (χ4v) is 5.48. The smallest absolute Gasteiger partial charge is 0.373 e. The Balaban J connectivity index is 3.13. The molecule has 21 heavy (non-hydrogen) atoms. The van der Waals surface area contributed by atoms with E-state index in [4.69, 9.17) is 13.3 Å². The zero-order valence-corrected chi connectivity index (χ0v) is 14.4. The van der Waals surface area contributed by atoms with Crippen LogP contribution in [0.4, 0.5) is 0 Å². The van der Waals surface area contributed by atoms with Crippen molar-refractivity contribution in [3.8, 4) is 0 Å². The molecule has 0 heterocycles. The van der Waals surface area contributed by atoms with Crippen molar-refractivity contribution in [3.63, 3.8) is 0 Å². The summed E-state index contributed by atoms with van der Waals surface area (Å²) in [7, 11) is -3.02. The average molecular weight is 310 g/mol. The van der Waals surface area contributed by atoms with Crippen molar-refractivity contribution in [1.29, 1.82) is 0 Å². The van der Waals surface area contributed by atoms with Gasteiger partial charge in [0.05, 0.1) is 5.54 Å². The summed E-state index contributed by atoms with van der Waals surface area (Å²) in [6, 6.07) is 9.29. The molecule has 0 aromatic heterocycles. The lowest BCUT2D eigenvalue weighted by atomic mass is 10.1. The van der Waals surface area contributed by atoms with E-state index in [9.17, 15) is 4.79 Å². The monoisotopic (exact) mass is 310 g/mol. The zero-order valence-electron chi connectivity index (χ0n) is 13.4. The number of carbonyl (C=O) groups is 1. The van der Waals surface area contributed by atoms with Gasteiger partial charge in [-0.25, -0.2) is 0 Å². The molecule has 0 saturated heterocycles. The van der Waals surface area contributed by atoms with Gasteiger partial charge >= 0.3 is 8.80 Å². The van der Waals surface area contributed by atoms with Crippen LogP contribution < -0.4 is 0 Å². The molecule has 1 unspecified atom stereocenters. The van der Waals surface area contributed by atoms with E-state index in [2.05, 4.69) is 0 Å². The Morgan fingerprint density at radius 2 is 1.43 bits per heavy atom. The number of Topliss-reactive ketones (excluding diaryl/α,β-unsaturated/α-hetero) is 1. The van der Waals surface area contributed by atoms with Crippen molar-refractivity contribution >= 4 is 14.6 Å². The fraction of sp³-hybridized carbons (Fsp3) is 0.562. The maximum atomic E-state index is 12.8. The predicted molar refractivity (Wildman–Crippen MR) is 85.4 cm³/mol. The van der Waals surface area contributed by atoms with Gasteiger partial charge in [0.2, 0.25) is 0 Å². The van der Waals surface area contributed by atoms with Crippen LogP contribution in [0.3, 0.4) is 0 Å². The first-order chi connectivity index (χ1) is 10.1. The minimum absolute atomic E-state index is 0.0418. The van der Waals surface area contributed by atoms with Crippen LogP contribution in [0.15, 0.2) is 30.3 Å². The topological polar surface area (TPSA) is 44.8 Å². The molecule has 0 bridgehead atoms. The third-order valence-corrected chi connectivity index (χ3v) is 6.84. The fourth-order valence-electron chi connectivity index (χ4n) is 2.43. The summed E-state index contributed by atoms with van der Waals surface area (Å²) in [6.45, 7) is 9.11. The largest absolute Gasteiger partial charge is 0.512 e. The van der Waals surface area contributed by atoms with Gasteiger partial charge in [0.1, 0.15) is 0 Å². The first kappa shape index (κ1) is 18.0. The third kappa shape index (κ3) is 4.48. The quantitative estimate of drug-likeness (QED) is 0.488. The molecule has 5 heteroatoms. The SMILES string of the molecule is CCO[Si](OCC)(OCC)C(CC)C(=O)c1ccccc1. The van der Waals surface area contributed by atoms with E-state index >= 15 is 0 Å². The van der Waals surface area contributed by atoms with Gasteiger partial charge < -0.3 is 13.3 Å². The van der Waals surface area contributed by atoms with Gasteiger partial charge in [0.25, 0.3) is 0 Å². The van der Waals surface area contributed by atoms with Crippen LogP contribution in [0.1, 0.15) is 44.5 Å². The Kier molecular flexibility index (Phi) is 7.81. The summed E-state index contributed by atoms with van der Waals surface area (Å²) >= 11 is 0. The predicted octanol–water partition coefficient (Wildman–Crippen LogP) is 3.70. The molecule has 0 amide bonds. The Morgan fingerprint density at radius 3 is 1.81 bits per heavy atom. The highest BCUT2D eigenvalue weighted by atomic mass is 28.4. The zero-order chi connectivity index (χ0) is 15.7. The summed E-state index contributed by atoms with van der Waals surface area (Å²) in [6.07, 6.45) is 0.639. The highest BCUT2D eigenvalue weighted by Gasteiger charge is 2.52. The van der Waals surface area contributed by atoms with Crippen molar-refractivity contribution in [2.75, 3.05) is 19.8 Å². The number of carbonyl (C=O) groups excluding carboxylic acids is 1. The van der Waals surface area contributed by atoms with Crippen molar-refractivity contribution in [2.45, 2.75) is 39.7 Å². The molecule has 1 rings (SSSR count). The highest BCUT2D eigenvalue weighted by Crippen LogP contribution is 2.32. The molecule has 0 aliphatic heterocycles. The summed E-state index contributed by atoms with van der Waals surface area (Å²) in [5.41, 5.74) is 0.320. The third-order valence-electron chi connectivity index (χ3n) is 3.25. The molecule has 1 atom stereocenters. The number of benzene rings is 1. The van der Waals surface area contributed by atoms with Crippen LogP contribution in [0.2, 0.25) is 5.54 Å². The van der Waals surface area contributed by atoms with Crippen LogP contribution in [0.5, 0.6) is 0 Å². The molecule has 0 spiro atoms. The van der Waals surface area contributed by atoms with E-state index in [-0.39, 0.29) is 11.3 Å². The van der Waals surface area contributed by atoms with Crippen LogP contribution in [0, 0.1) is 0 Å². The molecule has 0 N–H and O–H groups in total. The second kappa shape index (κ2) is 9.10. The molecule has 0 fully saturated rings. The second-order valence-corrected chi connectivity index (χ2v) is 7.36. The first-order valence-corrected chi connectivity index (χ1v) is 9.46. The summed E-state index contributed by atoms with van der Waals surface area (Å²) in [5.74, 6) is 0.0418. The van der Waals surface area contributed by atoms with Gasteiger partial charge in [-0.15, -0.1) is 0 Å². The normalized spacial score (nSPS) is 13.1. The van der Waals surface area contributed by atoms with Crippen LogP contribution >= 0.6 is 0 Å². The van der Waals surface area contributed by atoms with E-state index in [1.807, 2.05) is 58.0 Å². The van der Waals surface area contributed by atoms with Gasteiger partial charge in [-0.3, -0.25) is 4.79 Å². The van der Waals surface area contributed by atoms with Crippen molar-refractivity contribution in [1.82, 2.24) is 0 Å². The second-order valence-electron chi connectivity index (χ2n) is 4.59. The lowest BCUT2D eigenvalue weighted by Crippen LogP contribution is -2.52. The van der Waals surface area contributed by atoms with Crippen molar-refractivity contribution < 1.29 is 18.1 Å². The number of rotatable bonds is 10. The molecule has 0 saturated carbocycles. The average Bonchev–Trinajstić information content (AvgIpc) is 2.49. The van der Waals surface area contributed by atoms with Gasteiger partial charge in [-0.2, -0.15) is 0 Å². The van der Waals surface area contributed by atoms with Crippen LogP contribution in [-0.2, 0) is 13.3 Å². The lowest BCUT2D eigenvalue weighted by Gasteiger charge is -2.34. The van der Waals surface area contributed by atoms with Gasteiger partial charge in [-0.05, 0) is 27.2 Å². The van der Waals surface area contributed by atoms with E-state index in [0.29, 0.717) is 31.8 Å². The van der Waals surface area contributed by atoms with E-state index in [0.717, 1.165) is 0 Å². The van der Waals surface area contributed by atoms with Crippen LogP contribution in [-0.4, -0.2) is 34.4 Å². The molecule has 0 aliphatic carbocycles. The molecular formula is C16H26O4Si. The lowest BCUT2D eigenvalue weighted by molar-refractivity contribution is 0.0561. The van der Waals surface area contributed by atoms with Gasteiger partial charge in [0, 0.05) is 25.4 Å². The first-order valence-electron chi connectivity index (χ1n) is 7.66. The standard InChI is InChI=1S/C16H26O4Si/c1-5-15(16(17)14-12-10-9-11-13-14)21(18-6-2,19-7-3)20-8-4/h9-13,15H,5-8H2,1-4H3. The van der Waals surface area contributed by atoms with E-state index < -0.39 is 8.80 Å².